The first-order chi connectivity index (χ1) is 36.8. The molecule has 1 aromatic carbocycles. The Morgan fingerprint density at radius 3 is 0.750 bits per heavy atom. The molecule has 0 unspecified atom stereocenters. The largest absolute Gasteiger partial charge is 0.444 e. The number of nitrogens with zero attached hydrogens (tertiary/aromatic N) is 11. The second-order valence-electron chi connectivity index (χ2n) is 25.7. The first-order valence-electron chi connectivity index (χ1n) is 27.5. The Labute approximate surface area is 474 Å². The lowest BCUT2D eigenvalue weighted by Crippen LogP contribution is -2.52. The van der Waals surface area contributed by atoms with Crippen LogP contribution >= 0.6 is 0 Å². The fraction of sp³-hybridized carbons (Fsp3) is 0.702. The molecule has 1 aromatic heterocycles. The van der Waals surface area contributed by atoms with E-state index in [1.807, 2.05) is 40.1 Å². The highest BCUT2D eigenvalue weighted by molar-refractivity contribution is 5.72. The smallest absolute Gasteiger partial charge is 0.410 e. The van der Waals surface area contributed by atoms with Crippen molar-refractivity contribution in [2.45, 2.75) is 158 Å². The maximum Gasteiger partial charge on any atom is 0.410 e. The molecule has 0 aliphatic carbocycles. The van der Waals surface area contributed by atoms with E-state index in [2.05, 4.69) is 11.8 Å². The molecule has 3 heterocycles. The highest BCUT2D eigenvalue weighted by Crippen LogP contribution is 2.21. The van der Waals surface area contributed by atoms with Crippen LogP contribution in [0.2, 0.25) is 0 Å². The Kier molecular flexibility index (Phi) is 22.5. The Bertz CT molecular complexity index is 2250. The summed E-state index contributed by atoms with van der Waals surface area (Å²) in [4.78, 5) is 111. The maximum atomic E-state index is 14.1. The Morgan fingerprint density at radius 2 is 0.537 bits per heavy atom. The van der Waals surface area contributed by atoms with Gasteiger partial charge in [0.2, 0.25) is 17.7 Å². The van der Waals surface area contributed by atoms with Crippen LogP contribution in [0.25, 0.3) is 0 Å². The molecule has 0 spiro atoms. The molecule has 6 amide bonds. The number of amides is 6. The molecule has 2 aliphatic heterocycles. The van der Waals surface area contributed by atoms with E-state index in [0.29, 0.717) is 5.56 Å². The predicted molar refractivity (Wildman–Crippen MR) is 304 cm³/mol. The van der Waals surface area contributed by atoms with Crippen LogP contribution in [-0.2, 0) is 28.4 Å². The standard InChI is InChI=1S/C57H91N11O12/c1-52(2,3)75-46(69)63-30-26-61(27-31-64(47(70)76-53(4,5)6)35-39-67(38-34-63)50(73)79-56(13,14)15)44-58-43(25-24-42-22-20-19-21-23-42)59-45(60-44)62-28-32-65(48(71)77-54(7,8)9)36-40-68(51(74)80-57(16,17)18)41-37-66(33-29-62)49(72)78-55(10,11)12/h19-23H,26-41H2,1-18H3. The SMILES string of the molecule is CC(C)(C)OC(=O)N1CCN(C(=O)OC(C)(C)C)CCN(c2nc(C#Cc3ccccc3)nc(N3CCN(C(=O)OC(C)(C)C)CCN(C(=O)OC(C)(C)C)CCN(C(=O)OC(C)(C)C)CC3)n2)CCN(C(=O)OC(C)(C)C)CC1. The zero-order valence-corrected chi connectivity index (χ0v) is 51.0. The fourth-order valence-electron chi connectivity index (χ4n) is 7.62. The minimum Gasteiger partial charge on any atom is -0.444 e. The van der Waals surface area contributed by atoms with Gasteiger partial charge >= 0.3 is 36.6 Å². The van der Waals surface area contributed by atoms with Gasteiger partial charge in [0.25, 0.3) is 0 Å². The number of carbonyl (C=O) groups excluding carboxylic acids is 6. The van der Waals surface area contributed by atoms with E-state index in [-0.39, 0.29) is 122 Å². The molecule has 0 radical (unpaired) electrons. The number of benzene rings is 1. The van der Waals surface area contributed by atoms with Crippen molar-refractivity contribution in [1.29, 1.82) is 0 Å². The number of carbonyl (C=O) groups is 6. The summed E-state index contributed by atoms with van der Waals surface area (Å²) in [7, 11) is 0. The third kappa shape index (κ3) is 24.2. The van der Waals surface area contributed by atoms with Crippen molar-refractivity contribution in [3.63, 3.8) is 0 Å². The van der Waals surface area contributed by atoms with Gasteiger partial charge in [-0.2, -0.15) is 15.0 Å². The van der Waals surface area contributed by atoms with E-state index in [9.17, 15) is 28.8 Å². The Hall–Kier alpha value is -6.99. The monoisotopic (exact) mass is 1120 g/mol. The molecular weight excluding hydrogens is 1030 g/mol. The van der Waals surface area contributed by atoms with E-state index in [4.69, 9.17) is 43.4 Å². The Balaban J connectivity index is 1.94. The number of hydrogen-bond donors (Lipinski definition) is 0. The third-order valence-corrected chi connectivity index (χ3v) is 11.3. The maximum absolute atomic E-state index is 14.1. The first-order valence-corrected chi connectivity index (χ1v) is 27.5. The molecule has 0 N–H and O–H groups in total. The number of aromatic nitrogens is 3. The summed E-state index contributed by atoms with van der Waals surface area (Å²) >= 11 is 0. The van der Waals surface area contributed by atoms with Crippen LogP contribution in [0, 0.1) is 11.8 Å². The molecule has 446 valence electrons. The normalized spacial score (nSPS) is 16.6. The van der Waals surface area contributed by atoms with E-state index in [0.717, 1.165) is 0 Å². The lowest BCUT2D eigenvalue weighted by Gasteiger charge is -2.36. The second-order valence-corrected chi connectivity index (χ2v) is 25.7. The lowest BCUT2D eigenvalue weighted by atomic mass is 10.2. The summed E-state index contributed by atoms with van der Waals surface area (Å²) in [5.41, 5.74) is -4.38. The van der Waals surface area contributed by atoms with E-state index < -0.39 is 70.2 Å². The van der Waals surface area contributed by atoms with Crippen LogP contribution in [0.5, 0.6) is 0 Å². The molecule has 2 aromatic rings. The van der Waals surface area contributed by atoms with E-state index in [1.54, 1.807) is 125 Å². The van der Waals surface area contributed by atoms with Gasteiger partial charge in [-0.25, -0.2) is 28.8 Å². The molecule has 80 heavy (non-hydrogen) atoms. The highest BCUT2D eigenvalue weighted by atomic mass is 16.6. The van der Waals surface area contributed by atoms with Crippen molar-refractivity contribution in [2.75, 3.05) is 115 Å². The van der Waals surface area contributed by atoms with Crippen molar-refractivity contribution in [3.8, 4) is 11.8 Å². The quantitative estimate of drug-likeness (QED) is 0.204. The van der Waals surface area contributed by atoms with E-state index >= 15 is 0 Å². The Morgan fingerprint density at radius 1 is 0.325 bits per heavy atom. The zero-order chi connectivity index (χ0) is 60.0. The van der Waals surface area contributed by atoms with Gasteiger partial charge in [0.1, 0.15) is 33.6 Å². The molecule has 0 bridgehead atoms. The van der Waals surface area contributed by atoms with Gasteiger partial charge in [0.05, 0.1) is 0 Å². The minimum absolute atomic E-state index is 0.0380. The molecule has 2 aliphatic rings. The number of hydrogen-bond acceptors (Lipinski definition) is 17. The number of anilines is 2. The summed E-state index contributed by atoms with van der Waals surface area (Å²) < 4.78 is 35.2. The molecular formula is C57H91N11O12. The summed E-state index contributed by atoms with van der Waals surface area (Å²) in [6, 6.07) is 9.30. The van der Waals surface area contributed by atoms with Gasteiger partial charge in [-0.05, 0) is 143 Å². The summed E-state index contributed by atoms with van der Waals surface area (Å²) in [6.45, 7) is 32.7. The highest BCUT2D eigenvalue weighted by Gasteiger charge is 2.33. The average Bonchev–Trinajstić information content (AvgIpc) is 3.28. The summed E-state index contributed by atoms with van der Waals surface area (Å²) in [6.07, 6.45) is -3.68. The third-order valence-electron chi connectivity index (χ3n) is 11.3. The predicted octanol–water partition coefficient (Wildman–Crippen LogP) is 8.33. The number of rotatable bonds is 2. The van der Waals surface area contributed by atoms with Crippen molar-refractivity contribution in [1.82, 2.24) is 44.4 Å². The van der Waals surface area contributed by atoms with E-state index in [1.165, 1.54) is 29.4 Å². The van der Waals surface area contributed by atoms with Crippen molar-refractivity contribution in [3.05, 3.63) is 41.7 Å². The lowest BCUT2D eigenvalue weighted by molar-refractivity contribution is 0.00797. The van der Waals surface area contributed by atoms with Crippen LogP contribution in [0.15, 0.2) is 30.3 Å². The second kappa shape index (κ2) is 27.5. The average molecular weight is 1120 g/mol. The van der Waals surface area contributed by atoms with Gasteiger partial charge in [0.15, 0.2) is 0 Å². The van der Waals surface area contributed by atoms with Crippen LogP contribution < -0.4 is 9.80 Å². The van der Waals surface area contributed by atoms with Gasteiger partial charge < -0.3 is 67.6 Å². The molecule has 2 saturated heterocycles. The number of ether oxygens (including phenoxy) is 6. The van der Waals surface area contributed by atoms with Gasteiger partial charge in [-0.15, -0.1) is 0 Å². The molecule has 0 saturated carbocycles. The molecule has 4 rings (SSSR count). The van der Waals surface area contributed by atoms with Gasteiger partial charge in [0, 0.05) is 110 Å². The summed E-state index contributed by atoms with van der Waals surface area (Å²) in [5.74, 6) is 6.64. The van der Waals surface area contributed by atoms with Crippen molar-refractivity contribution >= 4 is 48.5 Å². The van der Waals surface area contributed by atoms with Crippen LogP contribution in [0.1, 0.15) is 136 Å². The minimum atomic E-state index is -0.855. The summed E-state index contributed by atoms with van der Waals surface area (Å²) in [5, 5.41) is 0. The molecule has 23 nitrogen and oxygen atoms in total. The van der Waals surface area contributed by atoms with Crippen LogP contribution in [0.3, 0.4) is 0 Å². The van der Waals surface area contributed by atoms with Crippen LogP contribution in [-0.4, -0.2) is 219 Å². The van der Waals surface area contributed by atoms with Crippen molar-refractivity contribution in [2.24, 2.45) is 0 Å². The van der Waals surface area contributed by atoms with Gasteiger partial charge in [-0.3, -0.25) is 0 Å². The molecule has 0 atom stereocenters. The molecule has 2 fully saturated rings. The first kappa shape index (κ1) is 65.5. The van der Waals surface area contributed by atoms with Crippen LogP contribution in [0.4, 0.5) is 40.7 Å². The van der Waals surface area contributed by atoms with Gasteiger partial charge in [-0.1, -0.05) is 24.1 Å². The zero-order valence-electron chi connectivity index (χ0n) is 51.0. The molecule has 23 heteroatoms. The topological polar surface area (TPSA) is 222 Å². The van der Waals surface area contributed by atoms with Crippen molar-refractivity contribution < 1.29 is 57.2 Å². The fourth-order valence-corrected chi connectivity index (χ4v) is 7.62.